The molecule has 4 heteroatoms. The van der Waals surface area contributed by atoms with E-state index in [9.17, 15) is 4.21 Å². The molecular formula is C6H10O2S2. The lowest BCUT2D eigenvalue weighted by Gasteiger charge is -1.96. The fourth-order valence-corrected chi connectivity index (χ4v) is 1.27. The van der Waals surface area contributed by atoms with Gasteiger partial charge in [0.05, 0.1) is 12.4 Å². The Hall–Kier alpha value is -0.0600. The molecule has 0 amide bonds. The van der Waals surface area contributed by atoms with Crippen molar-refractivity contribution in [1.29, 1.82) is 0 Å². The summed E-state index contributed by atoms with van der Waals surface area (Å²) in [6, 6.07) is 0. The minimum atomic E-state index is -1.19. The lowest BCUT2D eigenvalue weighted by molar-refractivity contribution is 0.395. The van der Waals surface area contributed by atoms with Crippen LogP contribution in [0.3, 0.4) is 0 Å². The second-order valence-corrected chi connectivity index (χ2v) is 3.12. The van der Waals surface area contributed by atoms with Crippen LogP contribution in [0.15, 0.2) is 12.7 Å². The summed E-state index contributed by atoms with van der Waals surface area (Å²) < 4.78 is 15.5. The standard InChI is InChI=1S/C6H10O2S2/c1-2-4-8-10(7)6-3-5-9/h2,5H,1,3-4,6H2. The summed E-state index contributed by atoms with van der Waals surface area (Å²) in [5.41, 5.74) is 0. The van der Waals surface area contributed by atoms with Gasteiger partial charge in [-0.3, -0.25) is 4.18 Å². The zero-order valence-electron chi connectivity index (χ0n) is 5.62. The van der Waals surface area contributed by atoms with Crippen molar-refractivity contribution in [3.05, 3.63) is 12.7 Å². The summed E-state index contributed by atoms with van der Waals surface area (Å²) >= 11 is 3.36. The Balaban J connectivity index is 3.24. The Morgan fingerprint density at radius 1 is 1.70 bits per heavy atom. The summed E-state index contributed by atoms with van der Waals surface area (Å²) in [5.74, 6) is 0.483. The van der Waals surface area contributed by atoms with E-state index in [2.05, 4.69) is 18.8 Å². The first kappa shape index (κ1) is 9.94. The summed E-state index contributed by atoms with van der Waals surface area (Å²) in [7, 11) is 0. The number of hydrogen-bond acceptors (Lipinski definition) is 3. The third kappa shape index (κ3) is 6.07. The average molecular weight is 178 g/mol. The molecule has 0 heterocycles. The molecule has 2 nitrogen and oxygen atoms in total. The van der Waals surface area contributed by atoms with Crippen molar-refractivity contribution in [1.82, 2.24) is 0 Å². The van der Waals surface area contributed by atoms with E-state index in [-0.39, 0.29) is 0 Å². The first-order chi connectivity index (χ1) is 4.81. The fourth-order valence-electron chi connectivity index (χ4n) is 0.327. The van der Waals surface area contributed by atoms with Crippen molar-refractivity contribution in [3.63, 3.8) is 0 Å². The van der Waals surface area contributed by atoms with Crippen LogP contribution in [0.25, 0.3) is 0 Å². The molecular weight excluding hydrogens is 168 g/mol. The van der Waals surface area contributed by atoms with Crippen molar-refractivity contribution in [2.75, 3.05) is 12.4 Å². The highest BCUT2D eigenvalue weighted by Crippen LogP contribution is 1.88. The van der Waals surface area contributed by atoms with Gasteiger partial charge in [-0.2, -0.15) is 0 Å². The van der Waals surface area contributed by atoms with Gasteiger partial charge in [0.15, 0.2) is 11.1 Å². The lowest BCUT2D eigenvalue weighted by Crippen LogP contribution is -2.02. The molecule has 0 rings (SSSR count). The normalized spacial score (nSPS) is 12.4. The highest BCUT2D eigenvalue weighted by molar-refractivity contribution is 7.80. The van der Waals surface area contributed by atoms with Gasteiger partial charge in [-0.15, -0.1) is 6.58 Å². The van der Waals surface area contributed by atoms with Gasteiger partial charge in [0, 0.05) is 0 Å². The highest BCUT2D eigenvalue weighted by atomic mass is 32.2. The van der Waals surface area contributed by atoms with Crippen LogP contribution in [0, 0.1) is 0 Å². The smallest absolute Gasteiger partial charge is 0.156 e. The SMILES string of the molecule is C=CCOS(=O)CCC=S. The highest BCUT2D eigenvalue weighted by Gasteiger charge is 1.94. The number of rotatable bonds is 6. The van der Waals surface area contributed by atoms with Crippen LogP contribution < -0.4 is 0 Å². The number of thiocarbonyl (C=S) groups is 1. The molecule has 0 saturated heterocycles. The van der Waals surface area contributed by atoms with Crippen LogP contribution in [-0.4, -0.2) is 21.9 Å². The minimum Gasteiger partial charge on any atom is -0.286 e. The topological polar surface area (TPSA) is 26.3 Å². The van der Waals surface area contributed by atoms with E-state index in [1.54, 1.807) is 11.4 Å². The van der Waals surface area contributed by atoms with Crippen LogP contribution in [0.5, 0.6) is 0 Å². The van der Waals surface area contributed by atoms with Gasteiger partial charge in [0.25, 0.3) is 0 Å². The van der Waals surface area contributed by atoms with Gasteiger partial charge in [0.1, 0.15) is 0 Å². The second kappa shape index (κ2) is 7.05. The maximum Gasteiger partial charge on any atom is 0.156 e. The summed E-state index contributed by atoms with van der Waals surface area (Å²) in [6.45, 7) is 3.76. The van der Waals surface area contributed by atoms with E-state index in [0.29, 0.717) is 18.8 Å². The van der Waals surface area contributed by atoms with Crippen LogP contribution in [0.2, 0.25) is 0 Å². The maximum atomic E-state index is 10.7. The van der Waals surface area contributed by atoms with Gasteiger partial charge in [-0.05, 0) is 11.8 Å². The zero-order valence-corrected chi connectivity index (χ0v) is 7.25. The molecule has 1 unspecified atom stereocenters. The Labute approximate surface area is 68.9 Å². The molecule has 0 aliphatic rings. The van der Waals surface area contributed by atoms with E-state index in [0.717, 1.165) is 0 Å². The predicted molar refractivity (Wildman–Crippen MR) is 47.4 cm³/mol. The van der Waals surface area contributed by atoms with E-state index < -0.39 is 11.1 Å². The molecule has 0 spiro atoms. The largest absolute Gasteiger partial charge is 0.286 e. The molecule has 0 aromatic rings. The van der Waals surface area contributed by atoms with Crippen molar-refractivity contribution in [2.24, 2.45) is 0 Å². The second-order valence-electron chi connectivity index (χ2n) is 1.54. The van der Waals surface area contributed by atoms with Crippen molar-refractivity contribution >= 4 is 28.7 Å². The monoisotopic (exact) mass is 178 g/mol. The Bertz CT molecular complexity index is 120. The van der Waals surface area contributed by atoms with Crippen LogP contribution >= 0.6 is 12.2 Å². The Morgan fingerprint density at radius 2 is 2.40 bits per heavy atom. The predicted octanol–water partition coefficient (Wildman–Crippen LogP) is 1.24. The molecule has 58 valence electrons. The van der Waals surface area contributed by atoms with Gasteiger partial charge >= 0.3 is 0 Å². The molecule has 0 saturated carbocycles. The van der Waals surface area contributed by atoms with Crippen molar-refractivity contribution < 1.29 is 8.39 Å². The summed E-state index contributed by atoms with van der Waals surface area (Å²) in [5, 5.41) is 1.55. The summed E-state index contributed by atoms with van der Waals surface area (Å²) in [4.78, 5) is 0. The molecule has 10 heavy (non-hydrogen) atoms. The van der Waals surface area contributed by atoms with Crippen LogP contribution in [0.1, 0.15) is 6.42 Å². The quantitative estimate of drug-likeness (QED) is 0.452. The van der Waals surface area contributed by atoms with Crippen LogP contribution in [0.4, 0.5) is 0 Å². The molecule has 0 aromatic carbocycles. The number of hydrogen-bond donors (Lipinski definition) is 0. The van der Waals surface area contributed by atoms with E-state index in [4.69, 9.17) is 4.18 Å². The maximum absolute atomic E-state index is 10.7. The van der Waals surface area contributed by atoms with E-state index >= 15 is 0 Å². The third-order valence-electron chi connectivity index (χ3n) is 0.720. The van der Waals surface area contributed by atoms with Crippen molar-refractivity contribution in [2.45, 2.75) is 6.42 Å². The average Bonchev–Trinajstić information content (AvgIpc) is 1.97. The fraction of sp³-hybridized carbons (Fsp3) is 0.500. The van der Waals surface area contributed by atoms with Gasteiger partial charge < -0.3 is 0 Å². The zero-order chi connectivity index (χ0) is 7.82. The Morgan fingerprint density at radius 3 is 2.90 bits per heavy atom. The van der Waals surface area contributed by atoms with Gasteiger partial charge in [0.2, 0.25) is 0 Å². The van der Waals surface area contributed by atoms with Crippen LogP contribution in [-0.2, 0) is 15.3 Å². The lowest BCUT2D eigenvalue weighted by atomic mass is 10.6. The van der Waals surface area contributed by atoms with E-state index in [1.807, 2.05) is 0 Å². The molecule has 0 N–H and O–H groups in total. The molecule has 1 atom stereocenters. The minimum absolute atomic E-state index is 0.337. The molecule has 0 radical (unpaired) electrons. The molecule has 0 aliphatic carbocycles. The van der Waals surface area contributed by atoms with E-state index in [1.165, 1.54) is 0 Å². The molecule has 0 aromatic heterocycles. The Kier molecular flexibility index (Phi) is 7.01. The van der Waals surface area contributed by atoms with Gasteiger partial charge in [-0.25, -0.2) is 4.21 Å². The molecule has 0 fully saturated rings. The molecule has 0 bridgehead atoms. The van der Waals surface area contributed by atoms with Crippen molar-refractivity contribution in [3.8, 4) is 0 Å². The first-order valence-electron chi connectivity index (χ1n) is 2.87. The van der Waals surface area contributed by atoms with Gasteiger partial charge in [-0.1, -0.05) is 18.3 Å². The summed E-state index contributed by atoms with van der Waals surface area (Å²) in [6.07, 6.45) is 2.22. The molecule has 0 aliphatic heterocycles. The first-order valence-corrected chi connectivity index (χ1v) is 4.59. The third-order valence-corrected chi connectivity index (χ3v) is 1.92.